The highest BCUT2D eigenvalue weighted by atomic mass is 16.5. The van der Waals surface area contributed by atoms with Crippen LogP contribution >= 0.6 is 0 Å². The zero-order valence-electron chi connectivity index (χ0n) is 21.2. The number of methoxy groups -OCH3 is 1. The minimum absolute atomic E-state index is 0.0285. The first kappa shape index (κ1) is 24.6. The molecule has 1 saturated carbocycles. The average molecular weight is 497 g/mol. The highest BCUT2D eigenvalue weighted by Gasteiger charge is 2.41. The normalized spacial score (nSPS) is 19.0. The van der Waals surface area contributed by atoms with E-state index < -0.39 is 6.04 Å². The standard InChI is InChI=1S/C31H32N2O4/c1-20-12-15-23(16-13-20)33-29(30(35)32-22-8-4-3-5-9-22)25-11-7-6-10-24(25)26(31(33)36)18-21-14-17-27(34)28(19-21)37-2/h6-7,10-19,22,29,34H,3-5,8-9H2,1-2H3,(H,32,35)/b26-18+. The monoisotopic (exact) mass is 496 g/mol. The highest BCUT2D eigenvalue weighted by molar-refractivity contribution is 6.33. The molecule has 0 bridgehead atoms. The van der Waals surface area contributed by atoms with Gasteiger partial charge in [-0.3, -0.25) is 14.5 Å². The van der Waals surface area contributed by atoms with Gasteiger partial charge in [-0.25, -0.2) is 0 Å². The lowest BCUT2D eigenvalue weighted by atomic mass is 9.86. The Balaban J connectivity index is 1.63. The smallest absolute Gasteiger partial charge is 0.259 e. The van der Waals surface area contributed by atoms with Crippen molar-refractivity contribution in [2.45, 2.75) is 51.1 Å². The van der Waals surface area contributed by atoms with Crippen LogP contribution in [0.3, 0.4) is 0 Å². The number of anilines is 1. The Bertz CT molecular complexity index is 1340. The number of phenolic OH excluding ortho intramolecular Hbond substituents is 1. The van der Waals surface area contributed by atoms with Gasteiger partial charge in [-0.15, -0.1) is 0 Å². The second-order valence-electron chi connectivity index (χ2n) is 9.83. The van der Waals surface area contributed by atoms with Gasteiger partial charge in [-0.2, -0.15) is 0 Å². The molecule has 0 aromatic heterocycles. The molecule has 2 N–H and O–H groups in total. The van der Waals surface area contributed by atoms with Crippen LogP contribution in [0.25, 0.3) is 11.6 Å². The van der Waals surface area contributed by atoms with E-state index in [0.29, 0.717) is 22.6 Å². The number of aromatic hydroxyl groups is 1. The molecule has 1 aliphatic heterocycles. The van der Waals surface area contributed by atoms with E-state index in [1.807, 2.05) is 55.5 Å². The molecule has 1 unspecified atom stereocenters. The van der Waals surface area contributed by atoms with Crippen molar-refractivity contribution in [2.24, 2.45) is 0 Å². The quantitative estimate of drug-likeness (QED) is 0.439. The van der Waals surface area contributed by atoms with Crippen LogP contribution in [0.4, 0.5) is 5.69 Å². The van der Waals surface area contributed by atoms with Crippen LogP contribution in [-0.2, 0) is 9.59 Å². The molecule has 1 atom stereocenters. The van der Waals surface area contributed by atoms with Crippen LogP contribution in [0, 0.1) is 6.92 Å². The molecule has 2 aliphatic rings. The van der Waals surface area contributed by atoms with E-state index in [0.717, 1.165) is 42.4 Å². The predicted octanol–water partition coefficient (Wildman–Crippen LogP) is 5.79. The lowest BCUT2D eigenvalue weighted by molar-refractivity contribution is -0.126. The fourth-order valence-corrected chi connectivity index (χ4v) is 5.33. The fraction of sp³-hybridized carbons (Fsp3) is 0.290. The Kier molecular flexibility index (Phi) is 6.99. The summed E-state index contributed by atoms with van der Waals surface area (Å²) < 4.78 is 5.27. The highest BCUT2D eigenvalue weighted by Crippen LogP contribution is 2.41. The van der Waals surface area contributed by atoms with Gasteiger partial charge in [-0.1, -0.05) is 67.3 Å². The summed E-state index contributed by atoms with van der Waals surface area (Å²) in [5.41, 5.74) is 4.44. The molecule has 6 nitrogen and oxygen atoms in total. The molecule has 1 fully saturated rings. The zero-order chi connectivity index (χ0) is 25.9. The summed E-state index contributed by atoms with van der Waals surface area (Å²) in [5, 5.41) is 13.3. The van der Waals surface area contributed by atoms with Crippen LogP contribution in [0.5, 0.6) is 11.5 Å². The van der Waals surface area contributed by atoms with Gasteiger partial charge in [0, 0.05) is 17.3 Å². The van der Waals surface area contributed by atoms with Gasteiger partial charge < -0.3 is 15.2 Å². The lowest BCUT2D eigenvalue weighted by Gasteiger charge is -2.38. The molecular formula is C31H32N2O4. The van der Waals surface area contributed by atoms with Crippen molar-refractivity contribution >= 4 is 29.2 Å². The molecule has 5 rings (SSSR count). The number of phenols is 1. The van der Waals surface area contributed by atoms with Gasteiger partial charge in [0.25, 0.3) is 5.91 Å². The second kappa shape index (κ2) is 10.5. The number of nitrogens with zero attached hydrogens (tertiary/aromatic N) is 1. The lowest BCUT2D eigenvalue weighted by Crippen LogP contribution is -2.49. The molecule has 6 heteroatoms. The minimum atomic E-state index is -0.778. The summed E-state index contributed by atoms with van der Waals surface area (Å²) in [7, 11) is 1.49. The Hall–Kier alpha value is -4.06. The predicted molar refractivity (Wildman–Crippen MR) is 145 cm³/mol. The summed E-state index contributed by atoms with van der Waals surface area (Å²) in [6, 6.07) is 19.6. The minimum Gasteiger partial charge on any atom is -0.504 e. The molecule has 0 spiro atoms. The number of rotatable bonds is 5. The molecule has 37 heavy (non-hydrogen) atoms. The maximum atomic E-state index is 14.2. The van der Waals surface area contributed by atoms with Crippen molar-refractivity contribution in [3.05, 3.63) is 89.0 Å². The topological polar surface area (TPSA) is 78.9 Å². The molecule has 1 aliphatic carbocycles. The number of fused-ring (bicyclic) bond motifs is 1. The average Bonchev–Trinajstić information content (AvgIpc) is 2.92. The number of nitrogens with one attached hydrogen (secondary N) is 1. The van der Waals surface area contributed by atoms with Crippen LogP contribution < -0.4 is 15.0 Å². The molecule has 3 aromatic carbocycles. The fourth-order valence-electron chi connectivity index (χ4n) is 5.33. The summed E-state index contributed by atoms with van der Waals surface area (Å²) in [4.78, 5) is 29.7. The number of hydrogen-bond donors (Lipinski definition) is 2. The van der Waals surface area contributed by atoms with Gasteiger partial charge in [0.05, 0.1) is 7.11 Å². The van der Waals surface area contributed by atoms with Gasteiger partial charge in [0.15, 0.2) is 11.5 Å². The van der Waals surface area contributed by atoms with Crippen LogP contribution in [0.2, 0.25) is 0 Å². The van der Waals surface area contributed by atoms with Gasteiger partial charge in [0.2, 0.25) is 5.91 Å². The van der Waals surface area contributed by atoms with Crippen molar-refractivity contribution in [2.75, 3.05) is 12.0 Å². The van der Waals surface area contributed by atoms with E-state index in [4.69, 9.17) is 4.74 Å². The van der Waals surface area contributed by atoms with E-state index in [1.54, 1.807) is 29.2 Å². The third-order valence-corrected chi connectivity index (χ3v) is 7.28. The molecule has 3 aromatic rings. The molecular weight excluding hydrogens is 464 g/mol. The Labute approximate surface area is 217 Å². The first-order valence-electron chi connectivity index (χ1n) is 12.8. The van der Waals surface area contributed by atoms with E-state index in [1.165, 1.54) is 13.5 Å². The molecule has 1 heterocycles. The second-order valence-corrected chi connectivity index (χ2v) is 9.83. The largest absolute Gasteiger partial charge is 0.504 e. The third kappa shape index (κ3) is 4.96. The number of ether oxygens (including phenoxy) is 1. The Morgan fingerprint density at radius 2 is 1.76 bits per heavy atom. The molecule has 0 radical (unpaired) electrons. The van der Waals surface area contributed by atoms with Gasteiger partial charge in [0.1, 0.15) is 6.04 Å². The van der Waals surface area contributed by atoms with E-state index in [-0.39, 0.29) is 23.6 Å². The maximum Gasteiger partial charge on any atom is 0.259 e. The Morgan fingerprint density at radius 3 is 2.49 bits per heavy atom. The molecule has 190 valence electrons. The van der Waals surface area contributed by atoms with Crippen molar-refractivity contribution in [1.82, 2.24) is 5.32 Å². The first-order chi connectivity index (χ1) is 18.0. The maximum absolute atomic E-state index is 14.2. The van der Waals surface area contributed by atoms with Crippen LogP contribution in [-0.4, -0.2) is 30.1 Å². The van der Waals surface area contributed by atoms with E-state index >= 15 is 0 Å². The first-order valence-corrected chi connectivity index (χ1v) is 12.8. The van der Waals surface area contributed by atoms with Crippen LogP contribution in [0.15, 0.2) is 66.7 Å². The molecule has 2 amide bonds. The summed E-state index contributed by atoms with van der Waals surface area (Å²) in [6.45, 7) is 1.99. The Morgan fingerprint density at radius 1 is 1.03 bits per heavy atom. The van der Waals surface area contributed by atoms with Crippen molar-refractivity contribution < 1.29 is 19.4 Å². The summed E-state index contributed by atoms with van der Waals surface area (Å²) >= 11 is 0. The summed E-state index contributed by atoms with van der Waals surface area (Å²) in [5.74, 6) is -0.0520. The summed E-state index contributed by atoms with van der Waals surface area (Å²) in [6.07, 6.45) is 7.13. The van der Waals surface area contributed by atoms with Crippen molar-refractivity contribution in [1.29, 1.82) is 0 Å². The number of amides is 2. The van der Waals surface area contributed by atoms with Crippen molar-refractivity contribution in [3.63, 3.8) is 0 Å². The molecule has 0 saturated heterocycles. The zero-order valence-corrected chi connectivity index (χ0v) is 21.2. The SMILES string of the molecule is COc1cc(/C=C2/C(=O)N(c3ccc(C)cc3)C(C(=O)NC3CCCCC3)c3ccccc32)ccc1O. The number of benzene rings is 3. The van der Waals surface area contributed by atoms with Crippen molar-refractivity contribution in [3.8, 4) is 11.5 Å². The number of aryl methyl sites for hydroxylation is 1. The third-order valence-electron chi connectivity index (χ3n) is 7.28. The van der Waals surface area contributed by atoms with E-state index in [9.17, 15) is 14.7 Å². The van der Waals surface area contributed by atoms with Gasteiger partial charge >= 0.3 is 0 Å². The van der Waals surface area contributed by atoms with E-state index in [2.05, 4.69) is 5.32 Å². The number of hydrogen-bond acceptors (Lipinski definition) is 4. The number of carbonyl (C=O) groups is 2. The van der Waals surface area contributed by atoms with Gasteiger partial charge in [-0.05, 0) is 66.8 Å². The van der Waals surface area contributed by atoms with Crippen LogP contribution in [0.1, 0.15) is 60.4 Å². The number of carbonyl (C=O) groups excluding carboxylic acids is 2.